The van der Waals surface area contributed by atoms with Crippen molar-refractivity contribution in [2.75, 3.05) is 0 Å². The van der Waals surface area contributed by atoms with E-state index in [0.717, 1.165) is 42.8 Å². The maximum absolute atomic E-state index is 13.3. The molecule has 0 radical (unpaired) electrons. The van der Waals surface area contributed by atoms with E-state index in [1.807, 2.05) is 0 Å². The number of rotatable bonds is 5. The number of carbonyl (C=O) groups excluding carboxylic acids is 1. The standard InChI is InChI=1S/C35H53N5O3Si2/c1-33(2,3)44(8,9)42-27-17-22-21-14-15-35(7)25(12-13-29(35)41)23(21)16-26(40-20-39-31(36)30-32(40)38-19-37-30)24(22)18-28(27)43-45(10,11)34(4,5)6/h17-21,23,25-26,36H,12-16H2,1-11H3,(H,37,38)/t21-,23-,25+,26?,35+/m1/s1. The summed E-state index contributed by atoms with van der Waals surface area (Å²) in [7, 11) is -4.42. The summed E-state index contributed by atoms with van der Waals surface area (Å²) >= 11 is 0. The maximum atomic E-state index is 13.3. The topological polar surface area (TPSA) is 106 Å². The Morgan fingerprint density at radius 1 is 0.956 bits per heavy atom. The van der Waals surface area contributed by atoms with Crippen LogP contribution in [0.4, 0.5) is 0 Å². The smallest absolute Gasteiger partial charge is 0.250 e. The first-order chi connectivity index (χ1) is 20.7. The second-order valence-corrected chi connectivity index (χ2v) is 26.8. The first kappa shape index (κ1) is 32.2. The first-order valence-electron chi connectivity index (χ1n) is 16.8. The molecule has 3 aromatic rings. The molecule has 10 heteroatoms. The summed E-state index contributed by atoms with van der Waals surface area (Å²) in [6.45, 7) is 25.1. The van der Waals surface area contributed by atoms with E-state index in [1.165, 1.54) is 11.1 Å². The van der Waals surface area contributed by atoms with Crippen molar-refractivity contribution in [2.45, 2.75) is 129 Å². The normalized spacial score (nSPS) is 27.2. The molecule has 2 aromatic heterocycles. The van der Waals surface area contributed by atoms with Crippen LogP contribution in [-0.2, 0) is 4.79 Å². The predicted octanol–water partition coefficient (Wildman–Crippen LogP) is 8.48. The number of aromatic amines is 1. The summed E-state index contributed by atoms with van der Waals surface area (Å²) in [5.41, 5.74) is 3.87. The number of H-pyrrole nitrogens is 1. The molecule has 8 nitrogen and oxygen atoms in total. The number of benzene rings is 1. The highest BCUT2D eigenvalue weighted by Crippen LogP contribution is 2.62. The van der Waals surface area contributed by atoms with Crippen molar-refractivity contribution in [2.24, 2.45) is 17.3 Å². The van der Waals surface area contributed by atoms with Crippen LogP contribution in [0.25, 0.3) is 11.2 Å². The molecule has 1 aromatic carbocycles. The van der Waals surface area contributed by atoms with Gasteiger partial charge in [-0.05, 0) is 103 Å². The second kappa shape index (κ2) is 10.4. The number of nitrogens with one attached hydrogen (secondary N) is 2. The van der Waals surface area contributed by atoms with Crippen molar-refractivity contribution in [1.29, 1.82) is 5.41 Å². The number of hydrogen-bond donors (Lipinski definition) is 2. The van der Waals surface area contributed by atoms with E-state index in [2.05, 4.69) is 106 Å². The number of hydrogen-bond acceptors (Lipinski definition) is 6. The molecule has 45 heavy (non-hydrogen) atoms. The summed E-state index contributed by atoms with van der Waals surface area (Å²) in [5, 5.41) is 8.47. The van der Waals surface area contributed by atoms with E-state index in [4.69, 9.17) is 14.3 Å². The van der Waals surface area contributed by atoms with Gasteiger partial charge in [0, 0.05) is 11.8 Å². The van der Waals surface area contributed by atoms with Crippen LogP contribution in [0, 0.1) is 22.7 Å². The largest absolute Gasteiger partial charge is 0.541 e. The molecule has 244 valence electrons. The number of Topliss-reactive ketones (excluding diaryl/α,β-unsaturated/α-hetero) is 1. The van der Waals surface area contributed by atoms with Gasteiger partial charge >= 0.3 is 0 Å². The lowest BCUT2D eigenvalue weighted by Crippen LogP contribution is -2.46. The van der Waals surface area contributed by atoms with Crippen LogP contribution in [0.3, 0.4) is 0 Å². The Bertz CT molecular complexity index is 1710. The van der Waals surface area contributed by atoms with Gasteiger partial charge in [-0.2, -0.15) is 0 Å². The lowest BCUT2D eigenvalue weighted by molar-refractivity contribution is -0.129. The van der Waals surface area contributed by atoms with Gasteiger partial charge in [0.15, 0.2) is 11.1 Å². The fourth-order valence-electron chi connectivity index (χ4n) is 7.76. The van der Waals surface area contributed by atoms with Crippen molar-refractivity contribution < 1.29 is 13.6 Å². The van der Waals surface area contributed by atoms with E-state index in [-0.39, 0.29) is 27.0 Å². The van der Waals surface area contributed by atoms with Gasteiger partial charge in [0.2, 0.25) is 0 Å². The molecule has 0 amide bonds. The van der Waals surface area contributed by atoms with E-state index >= 15 is 0 Å². The summed E-state index contributed by atoms with van der Waals surface area (Å²) in [4.78, 5) is 25.6. The van der Waals surface area contributed by atoms with Crippen LogP contribution in [0.1, 0.15) is 104 Å². The molecule has 0 bridgehead atoms. The third kappa shape index (κ3) is 5.14. The zero-order chi connectivity index (χ0) is 32.9. The molecule has 2 saturated carbocycles. The third-order valence-corrected chi connectivity index (χ3v) is 21.3. The first-order valence-corrected chi connectivity index (χ1v) is 22.6. The molecule has 3 aliphatic carbocycles. The molecule has 0 saturated heterocycles. The Morgan fingerprint density at radius 3 is 2.16 bits per heavy atom. The highest BCUT2D eigenvalue weighted by Gasteiger charge is 2.56. The minimum absolute atomic E-state index is 0.0221. The van der Waals surface area contributed by atoms with Gasteiger partial charge in [-0.3, -0.25) is 10.2 Å². The van der Waals surface area contributed by atoms with Gasteiger partial charge in [-0.25, -0.2) is 9.97 Å². The molecule has 0 aliphatic heterocycles. The van der Waals surface area contributed by atoms with Crippen molar-refractivity contribution in [3.05, 3.63) is 41.4 Å². The van der Waals surface area contributed by atoms with Crippen LogP contribution in [0.15, 0.2) is 24.8 Å². The number of fused-ring (bicyclic) bond motifs is 6. The van der Waals surface area contributed by atoms with Crippen molar-refractivity contribution in [3.63, 3.8) is 0 Å². The fraction of sp³-hybridized carbons (Fsp3) is 0.657. The van der Waals surface area contributed by atoms with Crippen molar-refractivity contribution in [1.82, 2.24) is 19.5 Å². The Labute approximate surface area is 270 Å². The average molecular weight is 648 g/mol. The molecule has 0 spiro atoms. The number of aromatic nitrogens is 4. The molecule has 5 atom stereocenters. The molecule has 6 rings (SSSR count). The van der Waals surface area contributed by atoms with Gasteiger partial charge in [-0.1, -0.05) is 48.5 Å². The third-order valence-electron chi connectivity index (χ3n) is 12.6. The van der Waals surface area contributed by atoms with E-state index < -0.39 is 16.6 Å². The van der Waals surface area contributed by atoms with Crippen molar-refractivity contribution >= 4 is 33.6 Å². The van der Waals surface area contributed by atoms with Crippen LogP contribution in [0.2, 0.25) is 36.3 Å². The Balaban J connectivity index is 1.59. The molecule has 2 heterocycles. The minimum Gasteiger partial charge on any atom is -0.541 e. The highest BCUT2D eigenvalue weighted by atomic mass is 28.4. The zero-order valence-corrected chi connectivity index (χ0v) is 31.2. The lowest BCUT2D eigenvalue weighted by Gasteiger charge is -2.50. The Morgan fingerprint density at radius 2 is 1.56 bits per heavy atom. The molecule has 2 N–H and O–H groups in total. The molecule has 2 fully saturated rings. The Kier molecular flexibility index (Phi) is 7.44. The monoisotopic (exact) mass is 647 g/mol. The van der Waals surface area contributed by atoms with Gasteiger partial charge in [-0.15, -0.1) is 0 Å². The van der Waals surface area contributed by atoms with E-state index in [9.17, 15) is 4.79 Å². The van der Waals surface area contributed by atoms with Gasteiger partial charge < -0.3 is 18.4 Å². The van der Waals surface area contributed by atoms with Crippen LogP contribution in [-0.4, -0.2) is 41.9 Å². The minimum atomic E-state index is -2.22. The predicted molar refractivity (Wildman–Crippen MR) is 184 cm³/mol. The maximum Gasteiger partial charge on any atom is 0.250 e. The van der Waals surface area contributed by atoms with Crippen LogP contribution < -0.4 is 14.3 Å². The summed E-state index contributed by atoms with van der Waals surface area (Å²) in [5.74, 6) is 3.21. The Hall–Kier alpha value is -2.73. The highest BCUT2D eigenvalue weighted by molar-refractivity contribution is 6.75. The lowest BCUT2D eigenvalue weighted by atomic mass is 9.55. The summed E-state index contributed by atoms with van der Waals surface area (Å²) < 4.78 is 16.5. The quantitative estimate of drug-likeness (QED) is 0.270. The van der Waals surface area contributed by atoms with Crippen LogP contribution in [0.5, 0.6) is 11.5 Å². The molecule has 3 aliphatic rings. The summed E-state index contributed by atoms with van der Waals surface area (Å²) in [6.07, 6.45) is 7.93. The van der Waals surface area contributed by atoms with E-state index in [0.29, 0.717) is 35.5 Å². The molecular formula is C35H53N5O3Si2. The second-order valence-electron chi connectivity index (χ2n) is 17.3. The molecule has 1 unspecified atom stereocenters. The SMILES string of the molecule is CC(C)(C)[Si](C)(C)Oc1cc2c(cc1O[Si](C)(C)C(C)(C)C)[C@H]1CC[C@]3(C)C(=O)CC[C@H]3[C@@H]1CC2n1cnc(=N)c2[nH]cnc21. The van der Waals surface area contributed by atoms with Crippen LogP contribution >= 0.6 is 0 Å². The number of carbonyl (C=O) groups is 1. The van der Waals surface area contributed by atoms with Gasteiger partial charge in [0.1, 0.15) is 22.8 Å². The molecular weight excluding hydrogens is 595 g/mol. The van der Waals surface area contributed by atoms with Gasteiger partial charge in [0.05, 0.1) is 18.7 Å². The number of ketones is 1. The number of imidazole rings is 1. The number of nitrogens with zero attached hydrogens (tertiary/aromatic N) is 3. The zero-order valence-electron chi connectivity index (χ0n) is 29.2. The fourth-order valence-corrected chi connectivity index (χ4v) is 9.79. The van der Waals surface area contributed by atoms with Gasteiger partial charge in [0.25, 0.3) is 16.6 Å². The van der Waals surface area contributed by atoms with E-state index in [1.54, 1.807) is 12.7 Å². The summed E-state index contributed by atoms with van der Waals surface area (Å²) in [6, 6.07) is 4.56. The average Bonchev–Trinajstić information content (AvgIpc) is 3.53. The van der Waals surface area contributed by atoms with Crippen molar-refractivity contribution in [3.8, 4) is 11.5 Å².